The van der Waals surface area contributed by atoms with Gasteiger partial charge in [-0.25, -0.2) is 0 Å². The molecule has 0 radical (unpaired) electrons. The fraction of sp³-hybridized carbons (Fsp3) is 0.182. The van der Waals surface area contributed by atoms with Gasteiger partial charge in [-0.3, -0.25) is 0 Å². The molecule has 140 valence electrons. The molecule has 3 aromatic rings. The first kappa shape index (κ1) is 19.2. The maximum atomic E-state index is 6.12. The lowest BCUT2D eigenvalue weighted by atomic mass is 10.1. The van der Waals surface area contributed by atoms with Crippen molar-refractivity contribution >= 4 is 12.4 Å². The maximum Gasteiger partial charge on any atom is 0.170 e. The summed E-state index contributed by atoms with van der Waals surface area (Å²) in [6.07, 6.45) is 0. The van der Waals surface area contributed by atoms with Gasteiger partial charge in [0, 0.05) is 6.54 Å². The Hall–Kier alpha value is -2.53. The van der Waals surface area contributed by atoms with Gasteiger partial charge in [0.05, 0.1) is 19.3 Å². The van der Waals surface area contributed by atoms with Crippen LogP contribution in [0, 0.1) is 0 Å². The molecular weight excluding hydrogens is 362 g/mol. The molecule has 0 saturated carbocycles. The van der Waals surface area contributed by atoms with Crippen molar-refractivity contribution in [2.45, 2.75) is 6.04 Å². The van der Waals surface area contributed by atoms with Crippen molar-refractivity contribution in [2.75, 3.05) is 19.8 Å². The summed E-state index contributed by atoms with van der Waals surface area (Å²) in [4.78, 5) is 0. The van der Waals surface area contributed by atoms with Gasteiger partial charge >= 0.3 is 0 Å². The van der Waals surface area contributed by atoms with Crippen LogP contribution in [0.1, 0.15) is 11.6 Å². The minimum atomic E-state index is 0. The van der Waals surface area contributed by atoms with Crippen molar-refractivity contribution < 1.29 is 14.2 Å². The molecule has 1 saturated heterocycles. The molecule has 1 aliphatic heterocycles. The summed E-state index contributed by atoms with van der Waals surface area (Å²) >= 11 is 0. The monoisotopic (exact) mass is 383 g/mol. The summed E-state index contributed by atoms with van der Waals surface area (Å²) < 4.78 is 17.8. The number of hydrogen-bond donors (Lipinski definition) is 1. The average molecular weight is 384 g/mol. The SMILES string of the molecule is Cl.c1ccc(Oc2ccc([C@H]3COCCN3)cc2Oc2ccccc2)cc1. The van der Waals surface area contributed by atoms with E-state index in [0.29, 0.717) is 18.1 Å². The zero-order valence-corrected chi connectivity index (χ0v) is 15.7. The van der Waals surface area contributed by atoms with Crippen LogP contribution in [0.2, 0.25) is 0 Å². The predicted molar refractivity (Wildman–Crippen MR) is 108 cm³/mol. The number of nitrogens with one attached hydrogen (secondary N) is 1. The minimum Gasteiger partial charge on any atom is -0.453 e. The molecule has 1 fully saturated rings. The molecule has 0 aromatic heterocycles. The highest BCUT2D eigenvalue weighted by molar-refractivity contribution is 5.85. The first-order chi connectivity index (χ1) is 12.9. The Morgan fingerprint density at radius 2 is 1.41 bits per heavy atom. The lowest BCUT2D eigenvalue weighted by Crippen LogP contribution is -2.34. The summed E-state index contributed by atoms with van der Waals surface area (Å²) in [6, 6.07) is 25.6. The van der Waals surface area contributed by atoms with Crippen LogP contribution in [0.4, 0.5) is 0 Å². The number of ether oxygens (including phenoxy) is 3. The molecule has 3 aromatic carbocycles. The zero-order valence-electron chi connectivity index (χ0n) is 14.8. The molecule has 1 heterocycles. The third-order valence-corrected chi connectivity index (χ3v) is 4.23. The molecule has 0 unspecified atom stereocenters. The van der Waals surface area contributed by atoms with E-state index in [1.54, 1.807) is 0 Å². The summed E-state index contributed by atoms with van der Waals surface area (Å²) in [7, 11) is 0. The van der Waals surface area contributed by atoms with E-state index in [1.807, 2.05) is 72.8 Å². The fourth-order valence-electron chi connectivity index (χ4n) is 2.92. The van der Waals surface area contributed by atoms with Crippen LogP contribution in [0.25, 0.3) is 0 Å². The second-order valence-corrected chi connectivity index (χ2v) is 6.12. The first-order valence-corrected chi connectivity index (χ1v) is 8.79. The molecule has 1 N–H and O–H groups in total. The Labute approximate surface area is 165 Å². The zero-order chi connectivity index (χ0) is 17.6. The molecule has 4 rings (SSSR count). The molecule has 1 atom stereocenters. The van der Waals surface area contributed by atoms with E-state index in [-0.39, 0.29) is 18.4 Å². The van der Waals surface area contributed by atoms with Crippen molar-refractivity contribution in [3.63, 3.8) is 0 Å². The van der Waals surface area contributed by atoms with E-state index in [4.69, 9.17) is 14.2 Å². The summed E-state index contributed by atoms with van der Waals surface area (Å²) in [5.41, 5.74) is 1.12. The minimum absolute atomic E-state index is 0. The van der Waals surface area contributed by atoms with Gasteiger partial charge < -0.3 is 19.5 Å². The standard InChI is InChI=1S/C22H21NO3.ClH/c1-3-7-18(8-4-1)25-21-12-11-17(20-16-24-14-13-23-20)15-22(21)26-19-9-5-2-6-10-19;/h1-12,15,20,23H,13-14,16H2;1H/t20-;/m1./s1. The van der Waals surface area contributed by atoms with Crippen LogP contribution >= 0.6 is 12.4 Å². The molecule has 0 spiro atoms. The normalized spacial score (nSPS) is 16.2. The Kier molecular flexibility index (Phi) is 6.71. The van der Waals surface area contributed by atoms with E-state index in [1.165, 1.54) is 0 Å². The topological polar surface area (TPSA) is 39.7 Å². The second kappa shape index (κ2) is 9.42. The third kappa shape index (κ3) is 5.01. The maximum absolute atomic E-state index is 6.12. The molecule has 27 heavy (non-hydrogen) atoms. The molecular formula is C22H22ClNO3. The average Bonchev–Trinajstić information content (AvgIpc) is 2.71. The van der Waals surface area contributed by atoms with Gasteiger partial charge in [-0.05, 0) is 42.0 Å². The van der Waals surface area contributed by atoms with Crippen molar-refractivity contribution in [3.05, 3.63) is 84.4 Å². The third-order valence-electron chi connectivity index (χ3n) is 4.23. The summed E-state index contributed by atoms with van der Waals surface area (Å²) in [5.74, 6) is 2.91. The molecule has 0 bridgehead atoms. The molecule has 0 aliphatic carbocycles. The summed E-state index contributed by atoms with van der Waals surface area (Å²) in [6.45, 7) is 2.25. The fourth-order valence-corrected chi connectivity index (χ4v) is 2.92. The quantitative estimate of drug-likeness (QED) is 0.644. The second-order valence-electron chi connectivity index (χ2n) is 6.12. The van der Waals surface area contributed by atoms with Gasteiger partial charge in [0.15, 0.2) is 11.5 Å². The summed E-state index contributed by atoms with van der Waals surface area (Å²) in [5, 5.41) is 3.47. The van der Waals surface area contributed by atoms with Gasteiger partial charge in [-0.1, -0.05) is 42.5 Å². The first-order valence-electron chi connectivity index (χ1n) is 8.79. The highest BCUT2D eigenvalue weighted by Crippen LogP contribution is 2.37. The van der Waals surface area contributed by atoms with Crippen molar-refractivity contribution in [1.29, 1.82) is 0 Å². The van der Waals surface area contributed by atoms with Gasteiger partial charge in [0.1, 0.15) is 11.5 Å². The van der Waals surface area contributed by atoms with E-state index >= 15 is 0 Å². The largest absolute Gasteiger partial charge is 0.453 e. The van der Waals surface area contributed by atoms with Gasteiger partial charge in [-0.15, -0.1) is 12.4 Å². The van der Waals surface area contributed by atoms with Crippen LogP contribution in [-0.2, 0) is 4.74 Å². The van der Waals surface area contributed by atoms with E-state index in [2.05, 4.69) is 11.4 Å². The number of morpholine rings is 1. The Morgan fingerprint density at radius 3 is 2.00 bits per heavy atom. The molecule has 4 nitrogen and oxygen atoms in total. The van der Waals surface area contributed by atoms with Crippen LogP contribution in [0.3, 0.4) is 0 Å². The van der Waals surface area contributed by atoms with Gasteiger partial charge in [0.25, 0.3) is 0 Å². The highest BCUT2D eigenvalue weighted by Gasteiger charge is 2.18. The van der Waals surface area contributed by atoms with E-state index < -0.39 is 0 Å². The molecule has 5 heteroatoms. The number of halogens is 1. The van der Waals surface area contributed by atoms with Crippen LogP contribution in [0.15, 0.2) is 78.9 Å². The lowest BCUT2D eigenvalue weighted by molar-refractivity contribution is 0.0768. The Morgan fingerprint density at radius 1 is 0.778 bits per heavy atom. The Balaban J connectivity index is 0.00000210. The lowest BCUT2D eigenvalue weighted by Gasteiger charge is -2.25. The van der Waals surface area contributed by atoms with Gasteiger partial charge in [-0.2, -0.15) is 0 Å². The molecule has 1 aliphatic rings. The Bertz CT molecular complexity index is 837. The van der Waals surface area contributed by atoms with Crippen molar-refractivity contribution in [2.24, 2.45) is 0 Å². The highest BCUT2D eigenvalue weighted by atomic mass is 35.5. The van der Waals surface area contributed by atoms with E-state index in [0.717, 1.165) is 30.2 Å². The predicted octanol–water partition coefficient (Wildman–Crippen LogP) is 5.35. The number of para-hydroxylation sites is 2. The van der Waals surface area contributed by atoms with Crippen LogP contribution in [0.5, 0.6) is 23.0 Å². The smallest absolute Gasteiger partial charge is 0.170 e. The van der Waals surface area contributed by atoms with E-state index in [9.17, 15) is 0 Å². The van der Waals surface area contributed by atoms with Crippen LogP contribution in [-0.4, -0.2) is 19.8 Å². The van der Waals surface area contributed by atoms with Crippen molar-refractivity contribution in [1.82, 2.24) is 5.32 Å². The molecule has 0 amide bonds. The number of rotatable bonds is 5. The van der Waals surface area contributed by atoms with Gasteiger partial charge in [0.2, 0.25) is 0 Å². The number of benzene rings is 3. The number of hydrogen-bond acceptors (Lipinski definition) is 4. The van der Waals surface area contributed by atoms with Crippen molar-refractivity contribution in [3.8, 4) is 23.0 Å². The van der Waals surface area contributed by atoms with Crippen LogP contribution < -0.4 is 14.8 Å².